The van der Waals surface area contributed by atoms with Gasteiger partial charge in [0.25, 0.3) is 0 Å². The number of hydrogen-bond acceptors (Lipinski definition) is 3. The standard InChI is InChI=1S/C17H21NO3/c1-11-4-3-5-12(8-11)15-16(20)18-14(19)9-17(15,10-21-2)13-6-7-13/h3-5,8,13,15H,6-7,9-10H2,1-2H3,(H,18,19,20). The summed E-state index contributed by atoms with van der Waals surface area (Å²) in [5.74, 6) is -0.255. The van der Waals surface area contributed by atoms with Gasteiger partial charge in [-0.2, -0.15) is 0 Å². The maximum Gasteiger partial charge on any atom is 0.234 e. The van der Waals surface area contributed by atoms with Gasteiger partial charge in [-0.15, -0.1) is 0 Å². The van der Waals surface area contributed by atoms with Crippen LogP contribution in [0.2, 0.25) is 0 Å². The van der Waals surface area contributed by atoms with E-state index in [1.54, 1.807) is 7.11 Å². The largest absolute Gasteiger partial charge is 0.384 e. The predicted octanol–water partition coefficient (Wildman–Crippen LogP) is 2.17. The average Bonchev–Trinajstić information content (AvgIpc) is 3.22. The van der Waals surface area contributed by atoms with Crippen molar-refractivity contribution in [3.8, 4) is 0 Å². The molecule has 0 radical (unpaired) electrons. The smallest absolute Gasteiger partial charge is 0.234 e. The van der Waals surface area contributed by atoms with E-state index in [1.807, 2.05) is 31.2 Å². The molecule has 1 aliphatic heterocycles. The van der Waals surface area contributed by atoms with Crippen molar-refractivity contribution in [3.05, 3.63) is 35.4 Å². The lowest BCUT2D eigenvalue weighted by atomic mass is 9.64. The molecule has 112 valence electrons. The van der Waals surface area contributed by atoms with Gasteiger partial charge < -0.3 is 4.74 Å². The Morgan fingerprint density at radius 2 is 2.10 bits per heavy atom. The number of aryl methyl sites for hydroxylation is 1. The van der Waals surface area contributed by atoms with Crippen molar-refractivity contribution in [2.45, 2.75) is 32.1 Å². The monoisotopic (exact) mass is 287 g/mol. The number of amides is 2. The van der Waals surface area contributed by atoms with Crippen LogP contribution in [0.3, 0.4) is 0 Å². The number of carbonyl (C=O) groups is 2. The first-order chi connectivity index (χ1) is 10.1. The molecule has 2 unspecified atom stereocenters. The van der Waals surface area contributed by atoms with Gasteiger partial charge in [0.15, 0.2) is 0 Å². The van der Waals surface area contributed by atoms with Crippen molar-refractivity contribution in [2.24, 2.45) is 11.3 Å². The van der Waals surface area contributed by atoms with Crippen molar-refractivity contribution in [1.29, 1.82) is 0 Å². The first kappa shape index (κ1) is 14.3. The normalized spacial score (nSPS) is 29.3. The molecular formula is C17H21NO3. The number of hydrogen-bond donors (Lipinski definition) is 1. The minimum Gasteiger partial charge on any atom is -0.384 e. The lowest BCUT2D eigenvalue weighted by Gasteiger charge is -2.43. The Morgan fingerprint density at radius 1 is 1.33 bits per heavy atom. The molecule has 2 aliphatic rings. The van der Waals surface area contributed by atoms with Gasteiger partial charge in [0, 0.05) is 18.9 Å². The van der Waals surface area contributed by atoms with Gasteiger partial charge in [0.05, 0.1) is 12.5 Å². The van der Waals surface area contributed by atoms with Crippen molar-refractivity contribution in [3.63, 3.8) is 0 Å². The van der Waals surface area contributed by atoms with Gasteiger partial charge in [0.1, 0.15) is 0 Å². The molecular weight excluding hydrogens is 266 g/mol. The Kier molecular flexibility index (Phi) is 3.57. The molecule has 1 aromatic carbocycles. The van der Waals surface area contributed by atoms with Crippen LogP contribution in [0.5, 0.6) is 0 Å². The maximum atomic E-state index is 12.6. The van der Waals surface area contributed by atoms with E-state index in [1.165, 1.54) is 0 Å². The zero-order valence-electron chi connectivity index (χ0n) is 12.5. The fourth-order valence-electron chi connectivity index (χ4n) is 3.81. The quantitative estimate of drug-likeness (QED) is 0.863. The molecule has 4 heteroatoms. The third-order valence-electron chi connectivity index (χ3n) is 4.77. The molecule has 1 N–H and O–H groups in total. The highest BCUT2D eigenvalue weighted by molar-refractivity contribution is 6.02. The lowest BCUT2D eigenvalue weighted by Crippen LogP contribution is -2.53. The van der Waals surface area contributed by atoms with Crippen LogP contribution in [0.4, 0.5) is 0 Å². The second-order valence-electron chi connectivity index (χ2n) is 6.38. The topological polar surface area (TPSA) is 55.4 Å². The SMILES string of the molecule is COCC1(C2CC2)CC(=O)NC(=O)C1c1cccc(C)c1. The van der Waals surface area contributed by atoms with E-state index < -0.39 is 0 Å². The van der Waals surface area contributed by atoms with Crippen LogP contribution in [-0.4, -0.2) is 25.5 Å². The summed E-state index contributed by atoms with van der Waals surface area (Å²) in [6, 6.07) is 8.02. The van der Waals surface area contributed by atoms with Crippen LogP contribution in [0.25, 0.3) is 0 Å². The Labute approximate surface area is 124 Å². The number of nitrogens with one attached hydrogen (secondary N) is 1. The Balaban J connectivity index is 2.07. The highest BCUT2D eigenvalue weighted by Gasteiger charge is 2.57. The Hall–Kier alpha value is -1.68. The fourth-order valence-corrected chi connectivity index (χ4v) is 3.81. The molecule has 0 spiro atoms. The summed E-state index contributed by atoms with van der Waals surface area (Å²) in [6.07, 6.45) is 2.52. The van der Waals surface area contributed by atoms with Gasteiger partial charge in [-0.1, -0.05) is 29.8 Å². The van der Waals surface area contributed by atoms with E-state index in [0.29, 0.717) is 18.9 Å². The maximum absolute atomic E-state index is 12.6. The summed E-state index contributed by atoms with van der Waals surface area (Å²) in [5, 5.41) is 2.51. The molecule has 2 atom stereocenters. The lowest BCUT2D eigenvalue weighted by molar-refractivity contribution is -0.143. The number of carbonyl (C=O) groups excluding carboxylic acids is 2. The van der Waals surface area contributed by atoms with Crippen LogP contribution in [0.15, 0.2) is 24.3 Å². The van der Waals surface area contributed by atoms with Gasteiger partial charge >= 0.3 is 0 Å². The Bertz CT molecular complexity index is 579. The molecule has 2 amide bonds. The van der Waals surface area contributed by atoms with E-state index in [-0.39, 0.29) is 23.1 Å². The molecule has 1 heterocycles. The summed E-state index contributed by atoms with van der Waals surface area (Å²) in [6.45, 7) is 2.47. The molecule has 1 aliphatic carbocycles. The molecule has 0 aromatic heterocycles. The fraction of sp³-hybridized carbons (Fsp3) is 0.529. The van der Waals surface area contributed by atoms with E-state index in [9.17, 15) is 9.59 Å². The minimum absolute atomic E-state index is 0.173. The van der Waals surface area contributed by atoms with Crippen LogP contribution >= 0.6 is 0 Å². The van der Waals surface area contributed by atoms with Crippen molar-refractivity contribution in [1.82, 2.24) is 5.32 Å². The summed E-state index contributed by atoms with van der Waals surface area (Å²) in [4.78, 5) is 24.5. The van der Waals surface area contributed by atoms with Crippen LogP contribution in [-0.2, 0) is 14.3 Å². The molecule has 21 heavy (non-hydrogen) atoms. The second kappa shape index (κ2) is 5.26. The second-order valence-corrected chi connectivity index (χ2v) is 6.38. The zero-order valence-corrected chi connectivity index (χ0v) is 12.5. The molecule has 1 saturated heterocycles. The number of benzene rings is 1. The Morgan fingerprint density at radius 3 is 2.71 bits per heavy atom. The predicted molar refractivity (Wildman–Crippen MR) is 78.7 cm³/mol. The van der Waals surface area contributed by atoms with Crippen molar-refractivity contribution >= 4 is 11.8 Å². The highest BCUT2D eigenvalue weighted by atomic mass is 16.5. The van der Waals surface area contributed by atoms with E-state index >= 15 is 0 Å². The van der Waals surface area contributed by atoms with Crippen LogP contribution in [0.1, 0.15) is 36.3 Å². The molecule has 4 nitrogen and oxygen atoms in total. The summed E-state index contributed by atoms with van der Waals surface area (Å²) in [5.41, 5.74) is 1.73. The summed E-state index contributed by atoms with van der Waals surface area (Å²) < 4.78 is 5.43. The zero-order chi connectivity index (χ0) is 15.0. The van der Waals surface area contributed by atoms with Crippen molar-refractivity contribution in [2.75, 3.05) is 13.7 Å². The van der Waals surface area contributed by atoms with Gasteiger partial charge in [-0.05, 0) is 31.2 Å². The number of methoxy groups -OCH3 is 1. The summed E-state index contributed by atoms with van der Waals surface area (Å²) >= 11 is 0. The van der Waals surface area contributed by atoms with Crippen LogP contribution in [0, 0.1) is 18.3 Å². The van der Waals surface area contributed by atoms with Crippen molar-refractivity contribution < 1.29 is 14.3 Å². The first-order valence-corrected chi connectivity index (χ1v) is 7.46. The van der Waals surface area contributed by atoms with Gasteiger partial charge in [-0.3, -0.25) is 14.9 Å². The third kappa shape index (κ3) is 2.48. The molecule has 0 bridgehead atoms. The average molecular weight is 287 g/mol. The molecule has 1 aromatic rings. The number of rotatable bonds is 4. The highest BCUT2D eigenvalue weighted by Crippen LogP contribution is 2.56. The number of ether oxygens (including phenoxy) is 1. The van der Waals surface area contributed by atoms with E-state index in [0.717, 1.165) is 24.0 Å². The van der Waals surface area contributed by atoms with E-state index in [2.05, 4.69) is 5.32 Å². The van der Waals surface area contributed by atoms with Crippen LogP contribution < -0.4 is 5.32 Å². The summed E-state index contributed by atoms with van der Waals surface area (Å²) in [7, 11) is 1.65. The van der Waals surface area contributed by atoms with E-state index in [4.69, 9.17) is 4.74 Å². The minimum atomic E-state index is -0.387. The number of piperidine rings is 1. The third-order valence-corrected chi connectivity index (χ3v) is 4.77. The number of imide groups is 1. The molecule has 1 saturated carbocycles. The molecule has 3 rings (SSSR count). The van der Waals surface area contributed by atoms with Gasteiger partial charge in [0.2, 0.25) is 11.8 Å². The van der Waals surface area contributed by atoms with Gasteiger partial charge in [-0.25, -0.2) is 0 Å². The molecule has 2 fully saturated rings. The first-order valence-electron chi connectivity index (χ1n) is 7.46.